The molecular weight excluding hydrogens is 246 g/mol. The van der Waals surface area contributed by atoms with E-state index in [0.717, 1.165) is 36.3 Å². The van der Waals surface area contributed by atoms with Gasteiger partial charge in [0.25, 0.3) is 0 Å². The highest BCUT2D eigenvalue weighted by Gasteiger charge is 2.14. The summed E-state index contributed by atoms with van der Waals surface area (Å²) in [4.78, 5) is 0. The largest absolute Gasteiger partial charge is 0.389 e. The van der Waals surface area contributed by atoms with Gasteiger partial charge in [-0.25, -0.2) is 0 Å². The maximum absolute atomic E-state index is 9.98. The Kier molecular flexibility index (Phi) is 6.36. The SMILES string of the molecule is NCCC(O)C1=CC(C#CCCC2CCCC2)=CCC1. The zero-order chi connectivity index (χ0) is 14.2. The molecule has 2 aliphatic carbocycles. The van der Waals surface area contributed by atoms with Crippen molar-refractivity contribution in [2.45, 2.75) is 63.9 Å². The van der Waals surface area contributed by atoms with E-state index in [0.29, 0.717) is 13.0 Å². The fourth-order valence-corrected chi connectivity index (χ4v) is 3.16. The molecule has 1 atom stereocenters. The molecule has 2 nitrogen and oxygen atoms in total. The lowest BCUT2D eigenvalue weighted by atomic mass is 9.94. The maximum atomic E-state index is 9.98. The summed E-state index contributed by atoms with van der Waals surface area (Å²) in [5.41, 5.74) is 7.67. The third-order valence-corrected chi connectivity index (χ3v) is 4.39. The average molecular weight is 273 g/mol. The van der Waals surface area contributed by atoms with Crippen molar-refractivity contribution in [1.29, 1.82) is 0 Å². The van der Waals surface area contributed by atoms with Crippen LogP contribution in [0.25, 0.3) is 0 Å². The Morgan fingerprint density at radius 3 is 2.90 bits per heavy atom. The van der Waals surface area contributed by atoms with E-state index in [1.807, 2.05) is 0 Å². The highest BCUT2D eigenvalue weighted by atomic mass is 16.3. The Hall–Kier alpha value is -1.04. The zero-order valence-electron chi connectivity index (χ0n) is 12.4. The van der Waals surface area contributed by atoms with Crippen LogP contribution in [0, 0.1) is 17.8 Å². The van der Waals surface area contributed by atoms with Gasteiger partial charge in [-0.15, -0.1) is 0 Å². The number of rotatable bonds is 5. The van der Waals surface area contributed by atoms with Crippen LogP contribution in [0.5, 0.6) is 0 Å². The summed E-state index contributed by atoms with van der Waals surface area (Å²) >= 11 is 0. The first kappa shape index (κ1) is 15.4. The molecule has 0 amide bonds. The standard InChI is InChI=1S/C18H27NO/c19-13-12-18(20)17-11-5-10-16(14-17)9-4-3-8-15-6-1-2-7-15/h10,14-15,18,20H,1-3,5-8,11-13,19H2. The molecule has 1 fully saturated rings. The normalized spacial score (nSPS) is 20.9. The van der Waals surface area contributed by atoms with Crippen LogP contribution in [0.15, 0.2) is 23.3 Å². The second kappa shape index (κ2) is 8.29. The summed E-state index contributed by atoms with van der Waals surface area (Å²) in [5, 5.41) is 9.98. The van der Waals surface area contributed by atoms with Crippen LogP contribution in [0.4, 0.5) is 0 Å². The third kappa shape index (κ3) is 4.81. The minimum atomic E-state index is -0.385. The van der Waals surface area contributed by atoms with E-state index in [2.05, 4.69) is 24.0 Å². The van der Waals surface area contributed by atoms with Gasteiger partial charge < -0.3 is 10.8 Å². The summed E-state index contributed by atoms with van der Waals surface area (Å²) in [6.45, 7) is 0.532. The van der Waals surface area contributed by atoms with Gasteiger partial charge in [0, 0.05) is 12.0 Å². The molecule has 110 valence electrons. The van der Waals surface area contributed by atoms with Gasteiger partial charge in [0.15, 0.2) is 0 Å². The van der Waals surface area contributed by atoms with Crippen LogP contribution in [-0.4, -0.2) is 17.8 Å². The summed E-state index contributed by atoms with van der Waals surface area (Å²) in [7, 11) is 0. The molecule has 20 heavy (non-hydrogen) atoms. The van der Waals surface area contributed by atoms with Crippen molar-refractivity contribution >= 4 is 0 Å². The molecule has 2 heteroatoms. The van der Waals surface area contributed by atoms with E-state index in [1.165, 1.54) is 32.1 Å². The van der Waals surface area contributed by atoms with Crippen molar-refractivity contribution in [1.82, 2.24) is 0 Å². The van der Waals surface area contributed by atoms with E-state index in [4.69, 9.17) is 5.73 Å². The minimum absolute atomic E-state index is 0.385. The van der Waals surface area contributed by atoms with Crippen molar-refractivity contribution in [2.75, 3.05) is 6.54 Å². The molecule has 3 N–H and O–H groups in total. The molecule has 1 unspecified atom stereocenters. The summed E-state index contributed by atoms with van der Waals surface area (Å²) < 4.78 is 0. The zero-order valence-corrected chi connectivity index (χ0v) is 12.4. The molecule has 0 aromatic rings. The van der Waals surface area contributed by atoms with E-state index in [1.54, 1.807) is 0 Å². The summed E-state index contributed by atoms with van der Waals surface area (Å²) in [6.07, 6.45) is 14.3. The minimum Gasteiger partial charge on any atom is -0.389 e. The molecule has 0 aromatic carbocycles. The fourth-order valence-electron chi connectivity index (χ4n) is 3.16. The van der Waals surface area contributed by atoms with Crippen molar-refractivity contribution in [3.05, 3.63) is 23.3 Å². The molecule has 0 radical (unpaired) electrons. The van der Waals surface area contributed by atoms with Crippen molar-refractivity contribution in [2.24, 2.45) is 11.7 Å². The highest BCUT2D eigenvalue weighted by Crippen LogP contribution is 2.28. The van der Waals surface area contributed by atoms with Gasteiger partial charge in [0.05, 0.1) is 6.10 Å². The first-order valence-corrected chi connectivity index (χ1v) is 8.07. The molecule has 0 saturated heterocycles. The molecule has 2 aliphatic rings. The fraction of sp³-hybridized carbons (Fsp3) is 0.667. The molecular formula is C18H27NO. The number of hydrogen-bond donors (Lipinski definition) is 2. The predicted molar refractivity (Wildman–Crippen MR) is 84.0 cm³/mol. The van der Waals surface area contributed by atoms with E-state index in [-0.39, 0.29) is 6.10 Å². The van der Waals surface area contributed by atoms with Crippen LogP contribution in [0.2, 0.25) is 0 Å². The van der Waals surface area contributed by atoms with Gasteiger partial charge in [-0.1, -0.05) is 43.6 Å². The van der Waals surface area contributed by atoms with Crippen LogP contribution >= 0.6 is 0 Å². The van der Waals surface area contributed by atoms with Crippen LogP contribution in [-0.2, 0) is 0 Å². The summed E-state index contributed by atoms with van der Waals surface area (Å²) in [6, 6.07) is 0. The van der Waals surface area contributed by atoms with Crippen molar-refractivity contribution in [3.63, 3.8) is 0 Å². The quantitative estimate of drug-likeness (QED) is 0.755. The van der Waals surface area contributed by atoms with Gasteiger partial charge in [-0.3, -0.25) is 0 Å². The van der Waals surface area contributed by atoms with Crippen molar-refractivity contribution in [3.8, 4) is 11.8 Å². The number of hydrogen-bond acceptors (Lipinski definition) is 2. The van der Waals surface area contributed by atoms with E-state index < -0.39 is 0 Å². The first-order chi connectivity index (χ1) is 9.79. The van der Waals surface area contributed by atoms with Gasteiger partial charge in [0.1, 0.15) is 0 Å². The van der Waals surface area contributed by atoms with E-state index >= 15 is 0 Å². The first-order valence-electron chi connectivity index (χ1n) is 8.07. The predicted octanol–water partition coefficient (Wildman–Crippen LogP) is 3.32. The summed E-state index contributed by atoms with van der Waals surface area (Å²) in [5.74, 6) is 7.49. The number of aliphatic hydroxyl groups is 1. The molecule has 0 aromatic heterocycles. The van der Waals surface area contributed by atoms with Crippen molar-refractivity contribution < 1.29 is 5.11 Å². The lowest BCUT2D eigenvalue weighted by Gasteiger charge is -2.16. The number of nitrogens with two attached hydrogens (primary N) is 1. The van der Waals surface area contributed by atoms with Gasteiger partial charge in [-0.2, -0.15) is 0 Å². The maximum Gasteiger partial charge on any atom is 0.0765 e. The number of allylic oxidation sites excluding steroid dienone is 3. The monoisotopic (exact) mass is 273 g/mol. The molecule has 0 heterocycles. The Bertz CT molecular complexity index is 418. The van der Waals surface area contributed by atoms with Gasteiger partial charge in [0.2, 0.25) is 0 Å². The Labute approximate surface area is 123 Å². The lowest BCUT2D eigenvalue weighted by molar-refractivity contribution is 0.198. The molecule has 0 spiro atoms. The second-order valence-corrected chi connectivity index (χ2v) is 6.00. The molecule has 2 rings (SSSR count). The second-order valence-electron chi connectivity index (χ2n) is 6.00. The highest BCUT2D eigenvalue weighted by molar-refractivity contribution is 5.43. The molecule has 0 aliphatic heterocycles. The van der Waals surface area contributed by atoms with Crippen LogP contribution < -0.4 is 5.73 Å². The Balaban J connectivity index is 1.81. The number of aliphatic hydroxyl groups excluding tert-OH is 1. The van der Waals surface area contributed by atoms with Crippen LogP contribution in [0.1, 0.15) is 57.8 Å². The van der Waals surface area contributed by atoms with Gasteiger partial charge >= 0.3 is 0 Å². The molecule has 0 bridgehead atoms. The lowest BCUT2D eigenvalue weighted by Crippen LogP contribution is -2.17. The topological polar surface area (TPSA) is 46.2 Å². The Morgan fingerprint density at radius 2 is 2.15 bits per heavy atom. The van der Waals surface area contributed by atoms with E-state index in [9.17, 15) is 5.11 Å². The smallest absolute Gasteiger partial charge is 0.0765 e. The van der Waals surface area contributed by atoms with Gasteiger partial charge in [-0.05, 0) is 49.8 Å². The van der Waals surface area contributed by atoms with Crippen LogP contribution in [0.3, 0.4) is 0 Å². The third-order valence-electron chi connectivity index (χ3n) is 4.39. The molecule has 1 saturated carbocycles. The Morgan fingerprint density at radius 1 is 1.35 bits per heavy atom. The average Bonchev–Trinajstić information content (AvgIpc) is 2.97.